The number of nitrogens with zero attached hydrogens (tertiary/aromatic N) is 2. The topological polar surface area (TPSA) is 36.8 Å². The lowest BCUT2D eigenvalue weighted by atomic mass is 9.94. The fourth-order valence-electron chi connectivity index (χ4n) is 4.09. The summed E-state index contributed by atoms with van der Waals surface area (Å²) in [4.78, 5) is 15.2. The lowest BCUT2D eigenvalue weighted by Gasteiger charge is -2.33. The second-order valence-electron chi connectivity index (χ2n) is 6.65. The molecule has 0 bridgehead atoms. The van der Waals surface area contributed by atoms with Gasteiger partial charge in [0.05, 0.1) is 16.6 Å². The summed E-state index contributed by atoms with van der Waals surface area (Å²) in [5.74, 6) is 0.0431. The van der Waals surface area contributed by atoms with Crippen molar-refractivity contribution in [3.8, 4) is 0 Å². The van der Waals surface area contributed by atoms with Crippen molar-refractivity contribution in [1.29, 1.82) is 0 Å². The maximum Gasteiger partial charge on any atom is 0.253 e. The fraction of sp³-hybridized carbons (Fsp3) is 0.421. The Balaban J connectivity index is 1.56. The zero-order chi connectivity index (χ0) is 15.9. The Morgan fingerprint density at radius 3 is 3.17 bits per heavy atom. The van der Waals surface area contributed by atoms with Gasteiger partial charge in [-0.3, -0.25) is 4.79 Å². The summed E-state index contributed by atoms with van der Waals surface area (Å²) in [6.07, 6.45) is 10.8. The second kappa shape index (κ2) is 5.44. The van der Waals surface area contributed by atoms with Crippen molar-refractivity contribution in [3.63, 3.8) is 0 Å². The van der Waals surface area contributed by atoms with Gasteiger partial charge in [0.2, 0.25) is 0 Å². The first-order valence-corrected chi connectivity index (χ1v) is 8.54. The van der Waals surface area contributed by atoms with Crippen molar-refractivity contribution in [2.24, 2.45) is 0 Å². The number of carbonyl (C=O) groups excluding carboxylic acids is 1. The maximum atomic E-state index is 12.8. The lowest BCUT2D eigenvalue weighted by Crippen LogP contribution is -2.47. The highest BCUT2D eigenvalue weighted by molar-refractivity contribution is 6.01. The number of nitrogens with one attached hydrogen (secondary N) is 1. The molecule has 4 nitrogen and oxygen atoms in total. The van der Waals surface area contributed by atoms with Crippen molar-refractivity contribution in [2.75, 3.05) is 13.1 Å². The van der Waals surface area contributed by atoms with Gasteiger partial charge < -0.3 is 14.6 Å². The first-order valence-electron chi connectivity index (χ1n) is 8.54. The van der Waals surface area contributed by atoms with Crippen LogP contribution in [0.3, 0.4) is 0 Å². The van der Waals surface area contributed by atoms with E-state index in [4.69, 9.17) is 0 Å². The summed E-state index contributed by atoms with van der Waals surface area (Å²) in [5, 5.41) is 3.20. The van der Waals surface area contributed by atoms with E-state index in [9.17, 15) is 4.79 Å². The van der Waals surface area contributed by atoms with Crippen molar-refractivity contribution in [3.05, 3.63) is 54.0 Å². The molecule has 0 radical (unpaired) electrons. The molecule has 4 heteroatoms. The number of carbonyl (C=O) groups is 1. The van der Waals surface area contributed by atoms with Crippen LogP contribution in [0.5, 0.6) is 0 Å². The maximum absolute atomic E-state index is 12.8. The van der Waals surface area contributed by atoms with Crippen molar-refractivity contribution < 1.29 is 4.79 Å². The lowest BCUT2D eigenvalue weighted by molar-refractivity contribution is 0.0927. The van der Waals surface area contributed by atoms with E-state index in [-0.39, 0.29) is 11.4 Å². The molecule has 1 amide bonds. The van der Waals surface area contributed by atoms with Crippen LogP contribution in [-0.2, 0) is 6.42 Å². The Bertz CT molecular complexity index is 776. The Morgan fingerprint density at radius 1 is 1.39 bits per heavy atom. The number of rotatable bonds is 4. The van der Waals surface area contributed by atoms with Crippen molar-refractivity contribution >= 4 is 11.4 Å². The normalized spacial score (nSPS) is 22.7. The van der Waals surface area contributed by atoms with Crippen LogP contribution in [-0.4, -0.2) is 33.8 Å². The molecule has 1 saturated heterocycles. The molecule has 0 aliphatic carbocycles. The Morgan fingerprint density at radius 2 is 2.30 bits per heavy atom. The van der Waals surface area contributed by atoms with Gasteiger partial charge in [0.25, 0.3) is 5.91 Å². The predicted molar refractivity (Wildman–Crippen MR) is 91.5 cm³/mol. The molecule has 4 rings (SSSR count). The predicted octanol–water partition coefficient (Wildman–Crippen LogP) is 2.98. The summed E-state index contributed by atoms with van der Waals surface area (Å²) < 4.78 is 2.12. The van der Waals surface area contributed by atoms with E-state index in [1.807, 2.05) is 30.5 Å². The summed E-state index contributed by atoms with van der Waals surface area (Å²) in [5.41, 5.74) is 3.08. The standard InChI is InChI=1S/C19H23N3O/c1-2-15-13-16(17-7-3-4-12-22(15)17)18(23)20-14-19-8-5-10-21(19)11-6-9-19/h3-5,7,10,12-13H,2,6,8-9,11,14H2,1H3,(H,20,23). The third kappa shape index (κ3) is 2.24. The van der Waals surface area contributed by atoms with Crippen LogP contribution in [0.25, 0.3) is 5.52 Å². The first-order chi connectivity index (χ1) is 11.2. The molecule has 1 unspecified atom stereocenters. The van der Waals surface area contributed by atoms with Crippen LogP contribution in [0, 0.1) is 0 Å². The summed E-state index contributed by atoms with van der Waals surface area (Å²) >= 11 is 0. The molecule has 2 aliphatic rings. The van der Waals surface area contributed by atoms with Gasteiger partial charge >= 0.3 is 0 Å². The minimum Gasteiger partial charge on any atom is -0.370 e. The zero-order valence-corrected chi connectivity index (χ0v) is 13.6. The van der Waals surface area contributed by atoms with E-state index in [1.165, 1.54) is 12.1 Å². The highest BCUT2D eigenvalue weighted by Crippen LogP contribution is 2.36. The van der Waals surface area contributed by atoms with Crippen LogP contribution >= 0.6 is 0 Å². The minimum atomic E-state index is 0.0431. The van der Waals surface area contributed by atoms with Crippen LogP contribution < -0.4 is 5.32 Å². The molecule has 23 heavy (non-hydrogen) atoms. The van der Waals surface area contributed by atoms with E-state index < -0.39 is 0 Å². The number of aryl methyl sites for hydroxylation is 1. The molecular formula is C19H23N3O. The van der Waals surface area contributed by atoms with Gasteiger partial charge in [0.1, 0.15) is 0 Å². The van der Waals surface area contributed by atoms with Gasteiger partial charge in [-0.15, -0.1) is 0 Å². The van der Waals surface area contributed by atoms with E-state index in [0.29, 0.717) is 0 Å². The van der Waals surface area contributed by atoms with Gasteiger partial charge in [-0.2, -0.15) is 0 Å². The molecular weight excluding hydrogens is 286 g/mol. The third-order valence-corrected chi connectivity index (χ3v) is 5.37. The molecule has 2 aromatic heterocycles. The third-order valence-electron chi connectivity index (χ3n) is 5.37. The number of hydrogen-bond donors (Lipinski definition) is 1. The first kappa shape index (κ1) is 14.4. The van der Waals surface area contributed by atoms with E-state index in [0.717, 1.165) is 43.4 Å². The van der Waals surface area contributed by atoms with Gasteiger partial charge in [-0.1, -0.05) is 19.1 Å². The molecule has 0 saturated carbocycles. The molecule has 120 valence electrons. The van der Waals surface area contributed by atoms with Crippen molar-refractivity contribution in [1.82, 2.24) is 14.6 Å². The molecule has 0 aromatic carbocycles. The van der Waals surface area contributed by atoms with Crippen LogP contribution in [0.15, 0.2) is 42.7 Å². The van der Waals surface area contributed by atoms with Gasteiger partial charge in [-0.25, -0.2) is 0 Å². The summed E-state index contributed by atoms with van der Waals surface area (Å²) in [6, 6.07) is 8.05. The Labute approximate surface area is 136 Å². The average Bonchev–Trinajstić information content (AvgIpc) is 3.24. The van der Waals surface area contributed by atoms with E-state index >= 15 is 0 Å². The molecule has 2 aromatic rings. The van der Waals surface area contributed by atoms with Crippen LogP contribution in [0.2, 0.25) is 0 Å². The molecule has 4 heterocycles. The minimum absolute atomic E-state index is 0.0431. The van der Waals surface area contributed by atoms with E-state index in [2.05, 4.69) is 33.8 Å². The second-order valence-corrected chi connectivity index (χ2v) is 6.65. The fourth-order valence-corrected chi connectivity index (χ4v) is 4.09. The number of fused-ring (bicyclic) bond motifs is 2. The number of hydrogen-bond acceptors (Lipinski definition) is 2. The number of amides is 1. The molecule has 1 N–H and O–H groups in total. The van der Waals surface area contributed by atoms with E-state index in [1.54, 1.807) is 0 Å². The quantitative estimate of drug-likeness (QED) is 0.942. The van der Waals surface area contributed by atoms with Gasteiger partial charge in [0, 0.05) is 25.0 Å². The summed E-state index contributed by atoms with van der Waals surface area (Å²) in [6.45, 7) is 3.96. The molecule has 1 fully saturated rings. The summed E-state index contributed by atoms with van der Waals surface area (Å²) in [7, 11) is 0. The van der Waals surface area contributed by atoms with Gasteiger partial charge in [-0.05, 0) is 50.1 Å². The SMILES string of the molecule is CCc1cc(C(=O)NCC23CC=CN2CCC3)c2ccccn12. The monoisotopic (exact) mass is 309 g/mol. The zero-order valence-electron chi connectivity index (χ0n) is 13.6. The average molecular weight is 309 g/mol. The van der Waals surface area contributed by atoms with Crippen molar-refractivity contribution in [2.45, 2.75) is 38.1 Å². The highest BCUT2D eigenvalue weighted by Gasteiger charge is 2.41. The molecule has 1 atom stereocenters. The number of aromatic nitrogens is 1. The Kier molecular flexibility index (Phi) is 3.40. The van der Waals surface area contributed by atoms with Gasteiger partial charge in [0.15, 0.2) is 0 Å². The number of pyridine rings is 1. The largest absolute Gasteiger partial charge is 0.370 e. The molecule has 2 aliphatic heterocycles. The Hall–Kier alpha value is -2.23. The molecule has 0 spiro atoms. The van der Waals surface area contributed by atoms with Crippen LogP contribution in [0.4, 0.5) is 0 Å². The van der Waals surface area contributed by atoms with Crippen LogP contribution in [0.1, 0.15) is 42.2 Å². The smallest absolute Gasteiger partial charge is 0.253 e. The highest BCUT2D eigenvalue weighted by atomic mass is 16.1.